The van der Waals surface area contributed by atoms with Crippen LogP contribution in [0.15, 0.2) is 12.3 Å². The molecule has 4 atom stereocenters. The van der Waals surface area contributed by atoms with E-state index in [1.54, 1.807) is 0 Å². The summed E-state index contributed by atoms with van der Waals surface area (Å²) in [5, 5.41) is 0. The van der Waals surface area contributed by atoms with Gasteiger partial charge in [-0.2, -0.15) is 13.2 Å². The van der Waals surface area contributed by atoms with Crippen molar-refractivity contribution in [2.24, 2.45) is 17.3 Å². The van der Waals surface area contributed by atoms with Gasteiger partial charge in [0.2, 0.25) is 5.91 Å². The molecule has 2 aliphatic heterocycles. The van der Waals surface area contributed by atoms with Gasteiger partial charge in [0.15, 0.2) is 0 Å². The molecule has 1 saturated heterocycles. The van der Waals surface area contributed by atoms with E-state index in [9.17, 15) is 18.0 Å². The molecule has 0 N–H and O–H groups in total. The van der Waals surface area contributed by atoms with E-state index in [1.165, 1.54) is 31.9 Å². The Bertz CT molecular complexity index is 870. The number of hydrogen-bond donors (Lipinski definition) is 0. The van der Waals surface area contributed by atoms with Gasteiger partial charge in [0.1, 0.15) is 0 Å². The minimum Gasteiger partial charge on any atom is -0.337 e. The molecule has 4 aliphatic rings. The monoisotopic (exact) mass is 435 g/mol. The predicted molar refractivity (Wildman–Crippen MR) is 111 cm³/mol. The van der Waals surface area contributed by atoms with Crippen molar-refractivity contribution in [2.45, 2.75) is 83.6 Å². The van der Waals surface area contributed by atoms with Crippen molar-refractivity contribution >= 4 is 5.91 Å². The highest BCUT2D eigenvalue weighted by Gasteiger charge is 2.53. The third-order valence-corrected chi connectivity index (χ3v) is 8.63. The highest BCUT2D eigenvalue weighted by Crippen LogP contribution is 2.51. The van der Waals surface area contributed by atoms with Gasteiger partial charge in [-0.25, -0.2) is 0 Å². The molecule has 2 aliphatic carbocycles. The number of likely N-dealkylation sites (tertiary alicyclic amines) is 1. The molecule has 1 amide bonds. The summed E-state index contributed by atoms with van der Waals surface area (Å²) >= 11 is 0. The maximum absolute atomic E-state index is 13.8. The van der Waals surface area contributed by atoms with Crippen molar-refractivity contribution in [3.05, 3.63) is 29.1 Å². The number of pyridine rings is 1. The number of carbonyl (C=O) groups excluding carboxylic acids is 1. The number of carbonyl (C=O) groups is 1. The normalized spacial score (nSPS) is 33.4. The summed E-state index contributed by atoms with van der Waals surface area (Å²) in [6.07, 6.45) is 3.80. The average molecular weight is 436 g/mol. The third-order valence-electron chi connectivity index (χ3n) is 8.63. The summed E-state index contributed by atoms with van der Waals surface area (Å²) in [6, 6.07) is 2.35. The molecule has 170 valence electrons. The minimum atomic E-state index is -4.42. The lowest BCUT2D eigenvalue weighted by Gasteiger charge is -2.40. The summed E-state index contributed by atoms with van der Waals surface area (Å²) in [7, 11) is 0. The van der Waals surface area contributed by atoms with Gasteiger partial charge < -0.3 is 4.90 Å². The number of hydrogen-bond acceptors (Lipinski definition) is 3. The largest absolute Gasteiger partial charge is 0.417 e. The molecule has 2 bridgehead atoms. The van der Waals surface area contributed by atoms with Crippen molar-refractivity contribution in [1.82, 2.24) is 14.8 Å². The Morgan fingerprint density at radius 1 is 1.23 bits per heavy atom. The van der Waals surface area contributed by atoms with Crippen LogP contribution in [0.4, 0.5) is 13.2 Å². The van der Waals surface area contributed by atoms with Crippen LogP contribution in [0.5, 0.6) is 0 Å². The molecule has 3 heterocycles. The number of piperidine rings is 1. The number of rotatable bonds is 3. The SMILES string of the molecule is CC(C)[C@]1(C(=O)N2CCc3ncc(C(F)(F)F)cc3C2)CCC(N2C[C@H]3CC[C@H]2C3)C1. The number of halogens is 3. The van der Waals surface area contributed by atoms with Gasteiger partial charge in [0.25, 0.3) is 0 Å². The molecule has 0 aromatic carbocycles. The van der Waals surface area contributed by atoms with E-state index in [1.807, 2.05) is 4.90 Å². The number of alkyl halides is 3. The second kappa shape index (κ2) is 7.46. The molecule has 1 aromatic heterocycles. The van der Waals surface area contributed by atoms with E-state index in [2.05, 4.69) is 23.7 Å². The Labute approximate surface area is 182 Å². The van der Waals surface area contributed by atoms with E-state index >= 15 is 0 Å². The van der Waals surface area contributed by atoms with Crippen LogP contribution in [0.25, 0.3) is 0 Å². The lowest BCUT2D eigenvalue weighted by atomic mass is 9.73. The minimum absolute atomic E-state index is 0.136. The van der Waals surface area contributed by atoms with Gasteiger partial charge in [-0.1, -0.05) is 13.8 Å². The van der Waals surface area contributed by atoms with Crippen LogP contribution in [-0.4, -0.2) is 45.9 Å². The first-order valence-corrected chi connectivity index (χ1v) is 11.8. The highest BCUT2D eigenvalue weighted by atomic mass is 19.4. The zero-order valence-corrected chi connectivity index (χ0v) is 18.4. The fraction of sp³-hybridized carbons (Fsp3) is 0.750. The molecule has 3 fully saturated rings. The molecule has 5 rings (SSSR count). The summed E-state index contributed by atoms with van der Waals surface area (Å²) < 4.78 is 39.5. The Balaban J connectivity index is 1.35. The van der Waals surface area contributed by atoms with E-state index in [0.29, 0.717) is 36.3 Å². The van der Waals surface area contributed by atoms with Crippen LogP contribution in [0.3, 0.4) is 0 Å². The van der Waals surface area contributed by atoms with E-state index < -0.39 is 17.2 Å². The van der Waals surface area contributed by atoms with Crippen molar-refractivity contribution < 1.29 is 18.0 Å². The van der Waals surface area contributed by atoms with E-state index in [-0.39, 0.29) is 18.4 Å². The number of fused-ring (bicyclic) bond motifs is 3. The molecular formula is C24H32F3N3O. The molecule has 31 heavy (non-hydrogen) atoms. The summed E-state index contributed by atoms with van der Waals surface area (Å²) in [5.74, 6) is 1.19. The standard InChI is InChI=1S/C24H32F3N3O/c1-15(2)23(7-5-20(11-23)30-13-16-3-4-19(30)9-16)22(31)29-8-6-21-17(14-29)10-18(12-28-21)24(25,26)27/h10,12,15-16,19-20H,3-9,11,13-14H2,1-2H3/t16-,19-,20?,23-/m0/s1. The first kappa shape index (κ1) is 21.2. The molecule has 0 radical (unpaired) electrons. The molecular weight excluding hydrogens is 403 g/mol. The summed E-state index contributed by atoms with van der Waals surface area (Å²) in [5.41, 5.74) is 0.0934. The lowest BCUT2D eigenvalue weighted by Crippen LogP contribution is -2.49. The van der Waals surface area contributed by atoms with Crippen molar-refractivity contribution in [2.75, 3.05) is 13.1 Å². The zero-order valence-electron chi connectivity index (χ0n) is 18.4. The fourth-order valence-corrected chi connectivity index (χ4v) is 6.78. The van der Waals surface area contributed by atoms with Crippen molar-refractivity contribution in [1.29, 1.82) is 0 Å². The van der Waals surface area contributed by atoms with Gasteiger partial charge in [-0.3, -0.25) is 14.7 Å². The first-order valence-electron chi connectivity index (χ1n) is 11.8. The fourth-order valence-electron chi connectivity index (χ4n) is 6.78. The van der Waals surface area contributed by atoms with Crippen molar-refractivity contribution in [3.8, 4) is 0 Å². The zero-order chi connectivity index (χ0) is 22.0. The number of nitrogens with zero attached hydrogens (tertiary/aromatic N) is 3. The third kappa shape index (κ3) is 3.57. The van der Waals surface area contributed by atoms with Gasteiger partial charge in [-0.15, -0.1) is 0 Å². The maximum atomic E-state index is 13.8. The van der Waals surface area contributed by atoms with Crippen LogP contribution < -0.4 is 0 Å². The molecule has 1 unspecified atom stereocenters. The van der Waals surface area contributed by atoms with Gasteiger partial charge in [-0.05, 0) is 62.0 Å². The van der Waals surface area contributed by atoms with Gasteiger partial charge in [0, 0.05) is 50.0 Å². The summed E-state index contributed by atoms with van der Waals surface area (Å²) in [4.78, 5) is 22.4. The lowest BCUT2D eigenvalue weighted by molar-refractivity contribution is -0.146. The Hall–Kier alpha value is -1.63. The van der Waals surface area contributed by atoms with Crippen LogP contribution in [-0.2, 0) is 23.9 Å². The topological polar surface area (TPSA) is 36.4 Å². The summed E-state index contributed by atoms with van der Waals surface area (Å²) in [6.45, 7) is 6.23. The molecule has 2 saturated carbocycles. The average Bonchev–Trinajstić information content (AvgIpc) is 3.47. The Morgan fingerprint density at radius 2 is 2.03 bits per heavy atom. The first-order chi connectivity index (χ1) is 14.7. The molecule has 4 nitrogen and oxygen atoms in total. The maximum Gasteiger partial charge on any atom is 0.417 e. The van der Waals surface area contributed by atoms with Crippen LogP contribution in [0.2, 0.25) is 0 Å². The second-order valence-electron chi connectivity index (χ2n) is 10.5. The quantitative estimate of drug-likeness (QED) is 0.693. The van der Waals surface area contributed by atoms with Crippen LogP contribution in [0.1, 0.15) is 69.2 Å². The Kier molecular flexibility index (Phi) is 5.11. The van der Waals surface area contributed by atoms with Gasteiger partial charge >= 0.3 is 6.18 Å². The van der Waals surface area contributed by atoms with Crippen LogP contribution >= 0.6 is 0 Å². The van der Waals surface area contributed by atoms with Gasteiger partial charge in [0.05, 0.1) is 11.0 Å². The van der Waals surface area contributed by atoms with Crippen LogP contribution in [0, 0.1) is 17.3 Å². The number of amides is 1. The Morgan fingerprint density at radius 3 is 2.68 bits per heavy atom. The molecule has 1 aromatic rings. The number of aromatic nitrogens is 1. The van der Waals surface area contributed by atoms with Crippen molar-refractivity contribution in [3.63, 3.8) is 0 Å². The van der Waals surface area contributed by atoms with E-state index in [0.717, 1.165) is 31.4 Å². The second-order valence-corrected chi connectivity index (χ2v) is 10.5. The smallest absolute Gasteiger partial charge is 0.337 e. The highest BCUT2D eigenvalue weighted by molar-refractivity contribution is 5.83. The molecule has 7 heteroatoms. The van der Waals surface area contributed by atoms with E-state index in [4.69, 9.17) is 0 Å². The predicted octanol–water partition coefficient (Wildman–Crippen LogP) is 4.66. The molecule has 0 spiro atoms.